The molecule has 0 amide bonds. The molecule has 0 saturated carbocycles. The van der Waals surface area contributed by atoms with Gasteiger partial charge in [-0.05, 0) is 63.5 Å². The van der Waals surface area contributed by atoms with Crippen LogP contribution in [0.2, 0.25) is 5.02 Å². The highest BCUT2D eigenvalue weighted by Crippen LogP contribution is 2.42. The summed E-state index contributed by atoms with van der Waals surface area (Å²) in [6.07, 6.45) is 2.33. The summed E-state index contributed by atoms with van der Waals surface area (Å²) in [5.74, 6) is 0. The van der Waals surface area contributed by atoms with Crippen molar-refractivity contribution in [2.45, 2.75) is 38.1 Å². The highest BCUT2D eigenvalue weighted by Gasteiger charge is 2.32. The second-order valence-corrected chi connectivity index (χ2v) is 7.60. The first-order chi connectivity index (χ1) is 9.97. The molecule has 0 fully saturated rings. The standard InChI is InChI=1S/C18H19BrClN/c1-18(2)10-9-17(13-5-3-4-6-14(13)18)21-12-7-8-16(20)15(19)11-12/h3-8,11,17,21H,9-10H2,1-2H3. The van der Waals surface area contributed by atoms with E-state index in [9.17, 15) is 0 Å². The normalized spacial score (nSPS) is 19.9. The van der Waals surface area contributed by atoms with Crippen molar-refractivity contribution in [1.29, 1.82) is 0 Å². The molecule has 0 saturated heterocycles. The molecule has 0 aliphatic heterocycles. The fourth-order valence-corrected chi connectivity index (χ4v) is 3.65. The van der Waals surface area contributed by atoms with Gasteiger partial charge in [0, 0.05) is 10.2 Å². The molecule has 21 heavy (non-hydrogen) atoms. The van der Waals surface area contributed by atoms with Crippen molar-refractivity contribution in [3.8, 4) is 0 Å². The quantitative estimate of drug-likeness (QED) is 0.656. The van der Waals surface area contributed by atoms with Crippen molar-refractivity contribution in [1.82, 2.24) is 0 Å². The Morgan fingerprint density at radius 3 is 2.71 bits per heavy atom. The monoisotopic (exact) mass is 363 g/mol. The Hall–Kier alpha value is -0.990. The van der Waals surface area contributed by atoms with Gasteiger partial charge in [-0.25, -0.2) is 0 Å². The van der Waals surface area contributed by atoms with Crippen LogP contribution >= 0.6 is 27.5 Å². The Morgan fingerprint density at radius 1 is 1.19 bits per heavy atom. The van der Waals surface area contributed by atoms with Crippen molar-refractivity contribution in [3.05, 3.63) is 63.1 Å². The molecule has 1 nitrogen and oxygen atoms in total. The molecular formula is C18H19BrClN. The molecule has 0 radical (unpaired) electrons. The third-order valence-corrected chi connectivity index (χ3v) is 5.60. The third kappa shape index (κ3) is 2.97. The van der Waals surface area contributed by atoms with Crippen molar-refractivity contribution in [2.75, 3.05) is 5.32 Å². The van der Waals surface area contributed by atoms with Crippen molar-refractivity contribution < 1.29 is 0 Å². The summed E-state index contributed by atoms with van der Waals surface area (Å²) in [5, 5.41) is 4.40. The van der Waals surface area contributed by atoms with Crippen LogP contribution in [0.3, 0.4) is 0 Å². The smallest absolute Gasteiger partial charge is 0.0549 e. The van der Waals surface area contributed by atoms with Gasteiger partial charge in [0.25, 0.3) is 0 Å². The number of hydrogen-bond donors (Lipinski definition) is 1. The van der Waals surface area contributed by atoms with Crippen molar-refractivity contribution in [3.63, 3.8) is 0 Å². The molecule has 1 N–H and O–H groups in total. The van der Waals surface area contributed by atoms with E-state index < -0.39 is 0 Å². The van der Waals surface area contributed by atoms with Gasteiger partial charge in [0.2, 0.25) is 0 Å². The predicted octanol–water partition coefficient (Wildman–Crippen LogP) is 6.33. The summed E-state index contributed by atoms with van der Waals surface area (Å²) in [6.45, 7) is 4.67. The summed E-state index contributed by atoms with van der Waals surface area (Å²) >= 11 is 9.56. The van der Waals surface area contributed by atoms with Crippen LogP contribution in [0.1, 0.15) is 43.9 Å². The zero-order valence-electron chi connectivity index (χ0n) is 12.3. The molecule has 1 aliphatic carbocycles. The lowest BCUT2D eigenvalue weighted by Gasteiger charge is -2.37. The van der Waals surface area contributed by atoms with Gasteiger partial charge in [-0.15, -0.1) is 0 Å². The van der Waals surface area contributed by atoms with E-state index in [0.29, 0.717) is 6.04 Å². The number of nitrogens with one attached hydrogen (secondary N) is 1. The third-order valence-electron chi connectivity index (χ3n) is 4.38. The molecule has 1 atom stereocenters. The summed E-state index contributed by atoms with van der Waals surface area (Å²) in [6, 6.07) is 15.2. The Balaban J connectivity index is 1.92. The van der Waals surface area contributed by atoms with E-state index >= 15 is 0 Å². The van der Waals surface area contributed by atoms with E-state index in [-0.39, 0.29) is 5.41 Å². The number of anilines is 1. The molecule has 0 spiro atoms. The molecule has 3 heteroatoms. The lowest BCUT2D eigenvalue weighted by atomic mass is 9.71. The van der Waals surface area contributed by atoms with Gasteiger partial charge in [0.05, 0.1) is 11.1 Å². The minimum atomic E-state index is 0.259. The van der Waals surface area contributed by atoms with Crippen LogP contribution in [0.15, 0.2) is 46.9 Å². The first kappa shape index (κ1) is 14.9. The molecule has 1 unspecified atom stereocenters. The fraction of sp³-hybridized carbons (Fsp3) is 0.333. The lowest BCUT2D eigenvalue weighted by Crippen LogP contribution is -2.29. The molecule has 110 valence electrons. The van der Waals surface area contributed by atoms with Crippen LogP contribution in [0, 0.1) is 0 Å². The maximum Gasteiger partial charge on any atom is 0.0549 e. The molecule has 2 aromatic rings. The first-order valence-electron chi connectivity index (χ1n) is 7.28. The topological polar surface area (TPSA) is 12.0 Å². The van der Waals surface area contributed by atoms with Gasteiger partial charge in [0.15, 0.2) is 0 Å². The number of rotatable bonds is 2. The number of fused-ring (bicyclic) bond motifs is 1. The average molecular weight is 365 g/mol. The van der Waals surface area contributed by atoms with Crippen LogP contribution in [0.5, 0.6) is 0 Å². The number of halogens is 2. The summed E-state index contributed by atoms with van der Waals surface area (Å²) in [5.41, 5.74) is 4.24. The molecule has 0 heterocycles. The van der Waals surface area contributed by atoms with Gasteiger partial charge >= 0.3 is 0 Å². The van der Waals surface area contributed by atoms with E-state index in [4.69, 9.17) is 11.6 Å². The second-order valence-electron chi connectivity index (χ2n) is 6.34. The highest BCUT2D eigenvalue weighted by atomic mass is 79.9. The number of hydrogen-bond acceptors (Lipinski definition) is 1. The van der Waals surface area contributed by atoms with Gasteiger partial charge < -0.3 is 5.32 Å². The first-order valence-corrected chi connectivity index (χ1v) is 8.45. The molecule has 3 rings (SSSR count). The van der Waals surface area contributed by atoms with Crippen LogP contribution in [0.4, 0.5) is 5.69 Å². The van der Waals surface area contributed by atoms with Gasteiger partial charge in [-0.3, -0.25) is 0 Å². The van der Waals surface area contributed by atoms with E-state index in [1.165, 1.54) is 17.5 Å². The average Bonchev–Trinajstić information content (AvgIpc) is 2.46. The predicted molar refractivity (Wildman–Crippen MR) is 94.2 cm³/mol. The Labute approximate surface area is 139 Å². The van der Waals surface area contributed by atoms with Crippen LogP contribution < -0.4 is 5.32 Å². The maximum absolute atomic E-state index is 6.07. The maximum atomic E-state index is 6.07. The highest BCUT2D eigenvalue weighted by molar-refractivity contribution is 9.10. The van der Waals surface area contributed by atoms with Gasteiger partial charge in [0.1, 0.15) is 0 Å². The Kier molecular flexibility index (Phi) is 4.02. The molecular weight excluding hydrogens is 346 g/mol. The van der Waals surface area contributed by atoms with E-state index in [1.54, 1.807) is 0 Å². The largest absolute Gasteiger partial charge is 0.378 e. The van der Waals surface area contributed by atoms with E-state index in [1.807, 2.05) is 18.2 Å². The van der Waals surface area contributed by atoms with E-state index in [0.717, 1.165) is 21.6 Å². The Morgan fingerprint density at radius 2 is 1.95 bits per heavy atom. The van der Waals surface area contributed by atoms with E-state index in [2.05, 4.69) is 59.4 Å². The van der Waals surface area contributed by atoms with Crippen LogP contribution in [-0.4, -0.2) is 0 Å². The summed E-state index contributed by atoms with van der Waals surface area (Å²) in [4.78, 5) is 0. The van der Waals surface area contributed by atoms with Crippen LogP contribution in [-0.2, 0) is 5.41 Å². The fourth-order valence-electron chi connectivity index (χ4n) is 3.15. The molecule has 1 aliphatic rings. The summed E-state index contributed by atoms with van der Waals surface area (Å²) in [7, 11) is 0. The molecule has 2 aromatic carbocycles. The van der Waals surface area contributed by atoms with Gasteiger partial charge in [-0.1, -0.05) is 49.7 Å². The summed E-state index contributed by atoms with van der Waals surface area (Å²) < 4.78 is 0.929. The minimum absolute atomic E-state index is 0.259. The SMILES string of the molecule is CC1(C)CCC(Nc2ccc(Cl)c(Br)c2)c2ccccc21. The van der Waals surface area contributed by atoms with Crippen molar-refractivity contribution >= 4 is 33.2 Å². The lowest BCUT2D eigenvalue weighted by molar-refractivity contribution is 0.406. The molecule has 0 aromatic heterocycles. The molecule has 0 bridgehead atoms. The second kappa shape index (κ2) is 5.66. The Bertz CT molecular complexity index is 666. The zero-order valence-corrected chi connectivity index (χ0v) is 14.6. The van der Waals surface area contributed by atoms with Crippen molar-refractivity contribution in [2.24, 2.45) is 0 Å². The minimum Gasteiger partial charge on any atom is -0.378 e. The van der Waals surface area contributed by atoms with Gasteiger partial charge in [-0.2, -0.15) is 0 Å². The zero-order chi connectivity index (χ0) is 15.0. The number of benzene rings is 2. The van der Waals surface area contributed by atoms with Crippen LogP contribution in [0.25, 0.3) is 0 Å².